The van der Waals surface area contributed by atoms with Crippen molar-refractivity contribution in [2.24, 2.45) is 0 Å². The zero-order valence-electron chi connectivity index (χ0n) is 10.1. The molecular formula is C10H17N3O4. The van der Waals surface area contributed by atoms with Gasteiger partial charge < -0.3 is 15.0 Å². The van der Waals surface area contributed by atoms with Gasteiger partial charge in [0.05, 0.1) is 20.1 Å². The van der Waals surface area contributed by atoms with E-state index in [0.717, 1.165) is 0 Å². The van der Waals surface area contributed by atoms with E-state index in [4.69, 9.17) is 0 Å². The number of rotatable bonds is 6. The van der Waals surface area contributed by atoms with Crippen molar-refractivity contribution in [2.45, 2.75) is 6.42 Å². The first kappa shape index (κ1) is 13.4. The minimum Gasteiger partial charge on any atom is -0.469 e. The molecule has 17 heavy (non-hydrogen) atoms. The van der Waals surface area contributed by atoms with E-state index in [9.17, 15) is 14.4 Å². The van der Waals surface area contributed by atoms with Crippen molar-refractivity contribution in [2.75, 3.05) is 40.3 Å². The monoisotopic (exact) mass is 243 g/mol. The van der Waals surface area contributed by atoms with Crippen molar-refractivity contribution in [3.63, 3.8) is 0 Å². The van der Waals surface area contributed by atoms with Gasteiger partial charge in [-0.25, -0.2) is 4.79 Å². The number of ether oxygens (including phenoxy) is 1. The number of nitrogens with one attached hydrogen (secondary N) is 1. The summed E-state index contributed by atoms with van der Waals surface area (Å²) in [6.45, 7) is 1.49. The summed E-state index contributed by atoms with van der Waals surface area (Å²) in [4.78, 5) is 36.4. The zero-order chi connectivity index (χ0) is 12.8. The molecule has 1 aliphatic rings. The number of carbonyl (C=O) groups is 3. The summed E-state index contributed by atoms with van der Waals surface area (Å²) in [7, 11) is 3.16. The molecule has 7 nitrogen and oxygen atoms in total. The molecule has 1 saturated heterocycles. The maximum atomic E-state index is 11.3. The van der Waals surface area contributed by atoms with E-state index in [1.807, 2.05) is 11.9 Å². The van der Waals surface area contributed by atoms with Crippen LogP contribution in [-0.4, -0.2) is 68.0 Å². The smallest absolute Gasteiger partial charge is 0.324 e. The second-order valence-corrected chi connectivity index (χ2v) is 3.83. The molecule has 1 rings (SSSR count). The van der Waals surface area contributed by atoms with E-state index in [-0.39, 0.29) is 24.5 Å². The Morgan fingerprint density at radius 2 is 2.18 bits per heavy atom. The van der Waals surface area contributed by atoms with Crippen molar-refractivity contribution in [3.8, 4) is 0 Å². The Kier molecular flexibility index (Phi) is 4.89. The molecule has 0 aliphatic carbocycles. The zero-order valence-corrected chi connectivity index (χ0v) is 10.1. The molecular weight excluding hydrogens is 226 g/mol. The highest BCUT2D eigenvalue weighted by atomic mass is 16.5. The first-order chi connectivity index (χ1) is 8.04. The second kappa shape index (κ2) is 6.19. The van der Waals surface area contributed by atoms with E-state index in [1.54, 1.807) is 0 Å². The SMILES string of the molecule is COC(=O)CCN(C)CCN1C(=O)CNC1=O. The summed E-state index contributed by atoms with van der Waals surface area (Å²) in [5.74, 6) is -0.483. The first-order valence-corrected chi connectivity index (χ1v) is 5.38. The fourth-order valence-electron chi connectivity index (χ4n) is 1.45. The molecule has 0 spiro atoms. The first-order valence-electron chi connectivity index (χ1n) is 5.38. The number of carbonyl (C=O) groups excluding carboxylic acids is 3. The Bertz CT molecular complexity index is 303. The van der Waals surface area contributed by atoms with Crippen molar-refractivity contribution in [1.82, 2.24) is 15.1 Å². The molecule has 1 aliphatic heterocycles. The lowest BCUT2D eigenvalue weighted by Crippen LogP contribution is -2.38. The third-order valence-electron chi connectivity index (χ3n) is 2.57. The van der Waals surface area contributed by atoms with Gasteiger partial charge in [0.2, 0.25) is 5.91 Å². The fourth-order valence-corrected chi connectivity index (χ4v) is 1.45. The van der Waals surface area contributed by atoms with Crippen LogP contribution in [0.1, 0.15) is 6.42 Å². The number of likely N-dealkylation sites (N-methyl/N-ethyl adjacent to an activating group) is 1. The van der Waals surface area contributed by atoms with Gasteiger partial charge in [-0.1, -0.05) is 0 Å². The fraction of sp³-hybridized carbons (Fsp3) is 0.700. The minimum absolute atomic E-state index is 0.0741. The summed E-state index contributed by atoms with van der Waals surface area (Å²) in [5.41, 5.74) is 0. The summed E-state index contributed by atoms with van der Waals surface area (Å²) in [5, 5.41) is 2.45. The Labute approximate surface area is 99.7 Å². The van der Waals surface area contributed by atoms with Crippen LogP contribution in [0.2, 0.25) is 0 Å². The van der Waals surface area contributed by atoms with Crippen LogP contribution < -0.4 is 5.32 Å². The topological polar surface area (TPSA) is 79.0 Å². The Hall–Kier alpha value is -1.63. The van der Waals surface area contributed by atoms with Crippen LogP contribution in [0.4, 0.5) is 4.79 Å². The maximum Gasteiger partial charge on any atom is 0.324 e. The van der Waals surface area contributed by atoms with E-state index >= 15 is 0 Å². The molecule has 0 saturated carbocycles. The van der Waals surface area contributed by atoms with Gasteiger partial charge in [0.25, 0.3) is 0 Å². The molecule has 0 radical (unpaired) electrons. The quantitative estimate of drug-likeness (QED) is 0.480. The molecule has 3 amide bonds. The number of esters is 1. The van der Waals surface area contributed by atoms with Crippen molar-refractivity contribution < 1.29 is 19.1 Å². The molecule has 0 aromatic heterocycles. The third kappa shape index (κ3) is 4.03. The molecule has 0 aromatic carbocycles. The van der Waals surface area contributed by atoms with Gasteiger partial charge in [-0.05, 0) is 7.05 Å². The Morgan fingerprint density at radius 3 is 2.71 bits per heavy atom. The number of urea groups is 1. The average Bonchev–Trinajstić information content (AvgIpc) is 2.63. The van der Waals surface area contributed by atoms with Crippen molar-refractivity contribution in [3.05, 3.63) is 0 Å². The molecule has 0 unspecified atom stereocenters. The number of methoxy groups -OCH3 is 1. The van der Waals surface area contributed by atoms with Gasteiger partial charge in [-0.2, -0.15) is 0 Å². The lowest BCUT2D eigenvalue weighted by molar-refractivity contribution is -0.141. The van der Waals surface area contributed by atoms with Crippen LogP contribution in [0, 0.1) is 0 Å². The molecule has 0 aromatic rings. The number of nitrogens with zero attached hydrogens (tertiary/aromatic N) is 2. The van der Waals surface area contributed by atoms with Crippen LogP contribution in [0.3, 0.4) is 0 Å². The van der Waals surface area contributed by atoms with Crippen LogP contribution in [-0.2, 0) is 14.3 Å². The van der Waals surface area contributed by atoms with E-state index in [0.29, 0.717) is 26.1 Å². The molecule has 96 valence electrons. The number of imide groups is 1. The average molecular weight is 243 g/mol. The maximum absolute atomic E-state index is 11.3. The second-order valence-electron chi connectivity index (χ2n) is 3.83. The van der Waals surface area contributed by atoms with Crippen molar-refractivity contribution in [1.29, 1.82) is 0 Å². The van der Waals surface area contributed by atoms with Crippen molar-refractivity contribution >= 4 is 17.9 Å². The van der Waals surface area contributed by atoms with E-state index in [2.05, 4.69) is 10.1 Å². The van der Waals surface area contributed by atoms with Gasteiger partial charge in [-0.15, -0.1) is 0 Å². The lowest BCUT2D eigenvalue weighted by Gasteiger charge is -2.19. The largest absolute Gasteiger partial charge is 0.469 e. The number of hydrogen-bond donors (Lipinski definition) is 1. The Balaban J connectivity index is 2.23. The molecule has 0 bridgehead atoms. The van der Waals surface area contributed by atoms with E-state index in [1.165, 1.54) is 12.0 Å². The van der Waals surface area contributed by atoms with Crippen LogP contribution in [0.15, 0.2) is 0 Å². The Morgan fingerprint density at radius 1 is 1.47 bits per heavy atom. The third-order valence-corrected chi connectivity index (χ3v) is 2.57. The normalized spacial score (nSPS) is 15.4. The van der Waals surface area contributed by atoms with Gasteiger partial charge in [-0.3, -0.25) is 14.5 Å². The molecule has 1 heterocycles. The van der Waals surface area contributed by atoms with Crippen LogP contribution >= 0.6 is 0 Å². The molecule has 7 heteroatoms. The number of hydrogen-bond acceptors (Lipinski definition) is 5. The van der Waals surface area contributed by atoms with Crippen LogP contribution in [0.5, 0.6) is 0 Å². The van der Waals surface area contributed by atoms with Gasteiger partial charge in [0.1, 0.15) is 0 Å². The predicted octanol–water partition coefficient (Wildman–Crippen LogP) is -0.967. The van der Waals surface area contributed by atoms with Gasteiger partial charge in [0, 0.05) is 19.6 Å². The highest BCUT2D eigenvalue weighted by molar-refractivity contribution is 6.01. The molecule has 1 fully saturated rings. The van der Waals surface area contributed by atoms with Crippen LogP contribution in [0.25, 0.3) is 0 Å². The minimum atomic E-state index is -0.351. The predicted molar refractivity (Wildman–Crippen MR) is 59.2 cm³/mol. The summed E-state index contributed by atoms with van der Waals surface area (Å²) in [6.07, 6.45) is 0.299. The summed E-state index contributed by atoms with van der Waals surface area (Å²) >= 11 is 0. The van der Waals surface area contributed by atoms with E-state index < -0.39 is 0 Å². The summed E-state index contributed by atoms with van der Waals surface area (Å²) < 4.78 is 4.52. The highest BCUT2D eigenvalue weighted by Gasteiger charge is 2.27. The highest BCUT2D eigenvalue weighted by Crippen LogP contribution is 1.99. The number of amides is 3. The van der Waals surface area contributed by atoms with Gasteiger partial charge in [0.15, 0.2) is 0 Å². The summed E-state index contributed by atoms with van der Waals surface area (Å²) in [6, 6.07) is -0.351. The standard InChI is InChI=1S/C10H17N3O4/c1-12(4-3-9(15)17-2)5-6-13-8(14)7-11-10(13)16/h3-7H2,1-2H3,(H,11,16). The lowest BCUT2D eigenvalue weighted by atomic mass is 10.4. The molecule has 1 N–H and O–H groups in total. The van der Waals surface area contributed by atoms with Gasteiger partial charge >= 0.3 is 12.0 Å². The molecule has 0 atom stereocenters.